The number of amides is 1. The molecule has 6 heteroatoms. The van der Waals surface area contributed by atoms with Crippen LogP contribution in [0.4, 0.5) is 0 Å². The Bertz CT molecular complexity index is 379. The van der Waals surface area contributed by atoms with Gasteiger partial charge in [-0.25, -0.2) is 9.97 Å². The monoisotopic (exact) mass is 255 g/mol. The van der Waals surface area contributed by atoms with Gasteiger partial charge >= 0.3 is 0 Å². The number of aromatic nitrogens is 2. The fourth-order valence-corrected chi connectivity index (χ4v) is 1.39. The van der Waals surface area contributed by atoms with E-state index in [1.54, 1.807) is 0 Å². The summed E-state index contributed by atoms with van der Waals surface area (Å²) in [4.78, 5) is 19.2. The molecule has 17 heavy (non-hydrogen) atoms. The molecular formula is C11H14ClN3O2. The standard InChI is InChI=1S/C11H14ClN3O2/c12-10-6-14-9(5-15-10)11(16)13-3-4-17-7-8-1-2-8/h5-6,8H,1-4,7H2,(H,13,16). The summed E-state index contributed by atoms with van der Waals surface area (Å²) >= 11 is 5.57. The summed E-state index contributed by atoms with van der Waals surface area (Å²) in [5.74, 6) is 0.483. The molecule has 0 unspecified atom stereocenters. The lowest BCUT2D eigenvalue weighted by atomic mass is 10.4. The lowest BCUT2D eigenvalue weighted by molar-refractivity contribution is 0.0901. The Hall–Kier alpha value is -1.20. The molecule has 1 N–H and O–H groups in total. The molecule has 0 radical (unpaired) electrons. The zero-order valence-electron chi connectivity index (χ0n) is 9.36. The number of ether oxygens (including phenoxy) is 1. The second-order valence-corrected chi connectivity index (χ2v) is 4.39. The number of halogens is 1. The van der Waals surface area contributed by atoms with Crippen molar-refractivity contribution in [2.75, 3.05) is 19.8 Å². The van der Waals surface area contributed by atoms with Gasteiger partial charge in [-0.15, -0.1) is 0 Å². The van der Waals surface area contributed by atoms with E-state index >= 15 is 0 Å². The minimum absolute atomic E-state index is 0.260. The van der Waals surface area contributed by atoms with Gasteiger partial charge in [0.25, 0.3) is 5.91 Å². The van der Waals surface area contributed by atoms with Crippen molar-refractivity contribution in [3.63, 3.8) is 0 Å². The first-order valence-electron chi connectivity index (χ1n) is 5.59. The van der Waals surface area contributed by atoms with E-state index in [0.29, 0.717) is 13.2 Å². The first kappa shape index (κ1) is 12.3. The van der Waals surface area contributed by atoms with Crippen LogP contribution in [-0.4, -0.2) is 35.6 Å². The van der Waals surface area contributed by atoms with E-state index in [0.717, 1.165) is 12.5 Å². The van der Waals surface area contributed by atoms with Crippen LogP contribution in [0.5, 0.6) is 0 Å². The van der Waals surface area contributed by atoms with Gasteiger partial charge in [0.2, 0.25) is 0 Å². The molecule has 1 aliphatic rings. The van der Waals surface area contributed by atoms with Crippen molar-refractivity contribution in [2.24, 2.45) is 5.92 Å². The van der Waals surface area contributed by atoms with Gasteiger partial charge in [0.05, 0.1) is 19.0 Å². The van der Waals surface area contributed by atoms with Crippen LogP contribution in [0.25, 0.3) is 0 Å². The highest BCUT2D eigenvalue weighted by Crippen LogP contribution is 2.28. The summed E-state index contributed by atoms with van der Waals surface area (Å²) in [5.41, 5.74) is 0.261. The number of carbonyl (C=O) groups excluding carboxylic acids is 1. The average molecular weight is 256 g/mol. The largest absolute Gasteiger partial charge is 0.379 e. The van der Waals surface area contributed by atoms with Crippen LogP contribution in [0, 0.1) is 5.92 Å². The highest BCUT2D eigenvalue weighted by atomic mass is 35.5. The lowest BCUT2D eigenvalue weighted by Gasteiger charge is -2.05. The summed E-state index contributed by atoms with van der Waals surface area (Å²) in [5, 5.41) is 2.98. The van der Waals surface area contributed by atoms with Crippen molar-refractivity contribution in [3.8, 4) is 0 Å². The van der Waals surface area contributed by atoms with Gasteiger partial charge in [-0.1, -0.05) is 11.6 Å². The van der Waals surface area contributed by atoms with Crippen LogP contribution in [-0.2, 0) is 4.74 Å². The third-order valence-corrected chi connectivity index (χ3v) is 2.63. The van der Waals surface area contributed by atoms with Gasteiger partial charge in [-0.05, 0) is 18.8 Å². The summed E-state index contributed by atoms with van der Waals surface area (Å²) in [7, 11) is 0. The highest BCUT2D eigenvalue weighted by Gasteiger charge is 2.20. The van der Waals surface area contributed by atoms with Crippen molar-refractivity contribution in [3.05, 3.63) is 23.2 Å². The van der Waals surface area contributed by atoms with Crippen molar-refractivity contribution in [1.29, 1.82) is 0 Å². The topological polar surface area (TPSA) is 64.1 Å². The minimum atomic E-state index is -0.260. The maximum Gasteiger partial charge on any atom is 0.271 e. The molecule has 1 saturated carbocycles. The zero-order chi connectivity index (χ0) is 12.1. The molecule has 1 aromatic heterocycles. The van der Waals surface area contributed by atoms with Crippen molar-refractivity contribution >= 4 is 17.5 Å². The average Bonchev–Trinajstić information content (AvgIpc) is 3.13. The number of carbonyl (C=O) groups is 1. The smallest absolute Gasteiger partial charge is 0.271 e. The summed E-state index contributed by atoms with van der Waals surface area (Å²) in [6.07, 6.45) is 5.24. The second-order valence-electron chi connectivity index (χ2n) is 4.00. The van der Waals surface area contributed by atoms with Gasteiger partial charge in [0.15, 0.2) is 0 Å². The van der Waals surface area contributed by atoms with E-state index in [4.69, 9.17) is 16.3 Å². The van der Waals surface area contributed by atoms with E-state index in [-0.39, 0.29) is 16.8 Å². The molecule has 1 heterocycles. The molecule has 0 saturated heterocycles. The molecule has 1 aliphatic carbocycles. The normalized spacial score (nSPS) is 14.6. The number of hydrogen-bond acceptors (Lipinski definition) is 4. The molecule has 2 rings (SSSR count). The molecule has 0 aromatic carbocycles. The summed E-state index contributed by atoms with van der Waals surface area (Å²) in [6.45, 7) is 1.82. The SMILES string of the molecule is O=C(NCCOCC1CC1)c1cnc(Cl)cn1. The Morgan fingerprint density at radius 2 is 2.29 bits per heavy atom. The van der Waals surface area contributed by atoms with Crippen LogP contribution in [0.1, 0.15) is 23.3 Å². The maximum atomic E-state index is 11.6. The molecule has 0 atom stereocenters. The number of hydrogen-bond donors (Lipinski definition) is 1. The van der Waals surface area contributed by atoms with E-state index < -0.39 is 0 Å². The zero-order valence-corrected chi connectivity index (χ0v) is 10.1. The third kappa shape index (κ3) is 4.28. The predicted octanol–water partition coefficient (Wildman–Crippen LogP) is 1.29. The Balaban J connectivity index is 1.64. The first-order chi connectivity index (χ1) is 8.25. The van der Waals surface area contributed by atoms with E-state index in [1.165, 1.54) is 25.2 Å². The predicted molar refractivity (Wildman–Crippen MR) is 62.9 cm³/mol. The number of nitrogens with zero attached hydrogens (tertiary/aromatic N) is 2. The molecule has 5 nitrogen and oxygen atoms in total. The van der Waals surface area contributed by atoms with Crippen molar-refractivity contribution < 1.29 is 9.53 Å². The molecule has 92 valence electrons. The fourth-order valence-electron chi connectivity index (χ4n) is 1.29. The quantitative estimate of drug-likeness (QED) is 0.778. The van der Waals surface area contributed by atoms with E-state index in [2.05, 4.69) is 15.3 Å². The van der Waals surface area contributed by atoms with E-state index in [9.17, 15) is 4.79 Å². The minimum Gasteiger partial charge on any atom is -0.379 e. The van der Waals surface area contributed by atoms with Crippen LogP contribution in [0.3, 0.4) is 0 Å². The van der Waals surface area contributed by atoms with Gasteiger partial charge in [-0.2, -0.15) is 0 Å². The fraction of sp³-hybridized carbons (Fsp3) is 0.545. The van der Waals surface area contributed by atoms with Gasteiger partial charge < -0.3 is 10.1 Å². The second kappa shape index (κ2) is 5.93. The molecule has 0 aliphatic heterocycles. The van der Waals surface area contributed by atoms with Crippen LogP contribution in [0.2, 0.25) is 5.15 Å². The highest BCUT2D eigenvalue weighted by molar-refractivity contribution is 6.29. The molecule has 0 bridgehead atoms. The number of nitrogens with one attached hydrogen (secondary N) is 1. The molecule has 1 fully saturated rings. The van der Waals surface area contributed by atoms with Crippen LogP contribution >= 0.6 is 11.6 Å². The number of rotatable bonds is 6. The van der Waals surface area contributed by atoms with E-state index in [1.807, 2.05) is 0 Å². The van der Waals surface area contributed by atoms with Crippen LogP contribution in [0.15, 0.2) is 12.4 Å². The molecule has 0 spiro atoms. The Kier molecular flexibility index (Phi) is 4.28. The molecule has 1 amide bonds. The molecular weight excluding hydrogens is 242 g/mol. The Labute approximate surface area is 105 Å². The Morgan fingerprint density at radius 1 is 1.47 bits per heavy atom. The summed E-state index contributed by atoms with van der Waals surface area (Å²) in [6, 6.07) is 0. The third-order valence-electron chi connectivity index (χ3n) is 2.44. The maximum absolute atomic E-state index is 11.6. The van der Waals surface area contributed by atoms with Gasteiger partial charge in [0.1, 0.15) is 10.8 Å². The summed E-state index contributed by atoms with van der Waals surface area (Å²) < 4.78 is 5.39. The van der Waals surface area contributed by atoms with Gasteiger partial charge in [-0.3, -0.25) is 4.79 Å². The van der Waals surface area contributed by atoms with Crippen molar-refractivity contribution in [2.45, 2.75) is 12.8 Å². The van der Waals surface area contributed by atoms with Gasteiger partial charge in [0, 0.05) is 13.2 Å². The Morgan fingerprint density at radius 3 is 2.94 bits per heavy atom. The van der Waals surface area contributed by atoms with Crippen molar-refractivity contribution in [1.82, 2.24) is 15.3 Å². The van der Waals surface area contributed by atoms with Crippen LogP contribution < -0.4 is 5.32 Å². The molecule has 1 aromatic rings. The lowest BCUT2D eigenvalue weighted by Crippen LogP contribution is -2.28. The first-order valence-corrected chi connectivity index (χ1v) is 5.97.